The lowest BCUT2D eigenvalue weighted by molar-refractivity contribution is -0.125. The van der Waals surface area contributed by atoms with Crippen LogP contribution < -0.4 is 0 Å². The zero-order valence-electron chi connectivity index (χ0n) is 15.9. The molecule has 0 bridgehead atoms. The smallest absolute Gasteiger partial charge is 0.162 e. The summed E-state index contributed by atoms with van der Waals surface area (Å²) in [4.78, 5) is 13.9. The quantitative estimate of drug-likeness (QED) is 0.588. The van der Waals surface area contributed by atoms with Gasteiger partial charge in [-0.15, -0.1) is 0 Å². The van der Waals surface area contributed by atoms with Crippen LogP contribution in [-0.4, -0.2) is 16.0 Å². The molecule has 0 fully saturated rings. The Labute approximate surface area is 160 Å². The molecule has 138 valence electrons. The molecule has 2 aromatic carbocycles. The van der Waals surface area contributed by atoms with Gasteiger partial charge in [0.1, 0.15) is 11.2 Å². The minimum Gasteiger partial charge on any atom is -0.513 e. The van der Waals surface area contributed by atoms with Crippen LogP contribution in [0.4, 0.5) is 0 Å². The molecular formula is C24H24O3. The molecule has 1 aliphatic rings. The molecule has 3 rings (SSSR count). The third kappa shape index (κ3) is 2.71. The number of rotatable bonds is 4. The zero-order valence-corrected chi connectivity index (χ0v) is 15.9. The van der Waals surface area contributed by atoms with Gasteiger partial charge in [-0.1, -0.05) is 55.1 Å². The van der Waals surface area contributed by atoms with E-state index < -0.39 is 10.8 Å². The highest BCUT2D eigenvalue weighted by Gasteiger charge is 2.57. The third-order valence-corrected chi connectivity index (χ3v) is 5.37. The second kappa shape index (κ2) is 6.58. The van der Waals surface area contributed by atoms with Crippen molar-refractivity contribution in [2.45, 2.75) is 31.6 Å². The van der Waals surface area contributed by atoms with Gasteiger partial charge in [0.15, 0.2) is 5.78 Å². The van der Waals surface area contributed by atoms with E-state index in [1.807, 2.05) is 38.1 Å². The van der Waals surface area contributed by atoms with Gasteiger partial charge in [0.25, 0.3) is 0 Å². The summed E-state index contributed by atoms with van der Waals surface area (Å²) in [5.41, 5.74) is 1.58. The number of aliphatic hydroxyl groups excluding tert-OH is 1. The lowest BCUT2D eigenvalue weighted by Gasteiger charge is -2.33. The van der Waals surface area contributed by atoms with Gasteiger partial charge >= 0.3 is 0 Å². The highest BCUT2D eigenvalue weighted by molar-refractivity contribution is 6.09. The molecule has 2 aromatic rings. The average molecular weight is 360 g/mol. The number of allylic oxidation sites excluding steroid dienone is 5. The number of hydrogen-bond donors (Lipinski definition) is 2. The van der Waals surface area contributed by atoms with Crippen LogP contribution >= 0.6 is 0 Å². The van der Waals surface area contributed by atoms with E-state index in [0.717, 1.165) is 16.7 Å². The first-order chi connectivity index (χ1) is 12.8. The highest BCUT2D eigenvalue weighted by Crippen LogP contribution is 2.54. The normalized spacial score (nSPS) is 21.8. The summed E-state index contributed by atoms with van der Waals surface area (Å²) in [6.45, 7) is 9.40. The Balaban J connectivity index is 2.45. The number of aliphatic hydroxyl groups is 1. The molecule has 0 aromatic heterocycles. The number of hydrogen-bond acceptors (Lipinski definition) is 3. The Kier molecular flexibility index (Phi) is 4.56. The number of Topliss-reactive ketones (excluding diaryl/α,β-unsaturated/α-hetero) is 1. The average Bonchev–Trinajstić information content (AvgIpc) is 2.82. The molecule has 2 N–H and O–H groups in total. The fourth-order valence-corrected chi connectivity index (χ4v) is 4.08. The maximum atomic E-state index is 13.9. The summed E-state index contributed by atoms with van der Waals surface area (Å²) >= 11 is 0. The summed E-state index contributed by atoms with van der Waals surface area (Å²) in [6.07, 6.45) is 4.98. The molecule has 0 heterocycles. The molecule has 1 unspecified atom stereocenters. The van der Waals surface area contributed by atoms with Gasteiger partial charge in [0.05, 0.1) is 11.2 Å². The zero-order chi connectivity index (χ0) is 19.8. The number of carbonyl (C=O) groups excluding carboxylic acids is 1. The number of aromatic hydroxyl groups is 1. The summed E-state index contributed by atoms with van der Waals surface area (Å²) in [5.74, 6) is 0.326. The molecule has 1 aliphatic carbocycles. The molecule has 0 aliphatic heterocycles. The molecule has 27 heavy (non-hydrogen) atoms. The van der Waals surface area contributed by atoms with Crippen molar-refractivity contribution in [2.75, 3.05) is 0 Å². The third-order valence-electron chi connectivity index (χ3n) is 5.37. The fourth-order valence-electron chi connectivity index (χ4n) is 4.08. The Morgan fingerprint density at radius 1 is 1.00 bits per heavy atom. The van der Waals surface area contributed by atoms with Gasteiger partial charge in [-0.05, 0) is 61.2 Å². The van der Waals surface area contributed by atoms with E-state index in [-0.39, 0.29) is 17.3 Å². The Morgan fingerprint density at radius 2 is 1.59 bits per heavy atom. The van der Waals surface area contributed by atoms with E-state index in [1.54, 1.807) is 49.4 Å². The van der Waals surface area contributed by atoms with E-state index in [0.29, 0.717) is 5.57 Å². The number of ketones is 1. The largest absolute Gasteiger partial charge is 0.513 e. The van der Waals surface area contributed by atoms with Crippen LogP contribution in [0, 0.1) is 0 Å². The topological polar surface area (TPSA) is 57.5 Å². The van der Waals surface area contributed by atoms with Crippen molar-refractivity contribution < 1.29 is 15.0 Å². The molecule has 0 saturated carbocycles. The van der Waals surface area contributed by atoms with Crippen LogP contribution in [0.15, 0.2) is 84.7 Å². The van der Waals surface area contributed by atoms with Crippen LogP contribution in [0.5, 0.6) is 5.75 Å². The van der Waals surface area contributed by atoms with E-state index >= 15 is 0 Å². The van der Waals surface area contributed by atoms with Crippen LogP contribution in [0.25, 0.3) is 0 Å². The maximum Gasteiger partial charge on any atom is 0.162 e. The Hall–Kier alpha value is -3.07. The number of carbonyl (C=O) groups is 1. The molecule has 0 saturated heterocycles. The number of phenolic OH excluding ortho intramolecular Hbond substituents is 1. The first kappa shape index (κ1) is 18.7. The second-order valence-corrected chi connectivity index (χ2v) is 7.43. The lowest BCUT2D eigenvalue weighted by Crippen LogP contribution is -2.40. The summed E-state index contributed by atoms with van der Waals surface area (Å²) in [7, 11) is 0. The molecule has 0 radical (unpaired) electrons. The first-order valence-corrected chi connectivity index (χ1v) is 8.91. The number of phenols is 1. The van der Waals surface area contributed by atoms with Crippen LogP contribution in [0.3, 0.4) is 0 Å². The van der Waals surface area contributed by atoms with Crippen molar-refractivity contribution in [1.29, 1.82) is 0 Å². The van der Waals surface area contributed by atoms with Gasteiger partial charge in [-0.2, -0.15) is 0 Å². The van der Waals surface area contributed by atoms with Crippen molar-refractivity contribution in [3.63, 3.8) is 0 Å². The Bertz CT molecular complexity index is 957. The standard InChI is InChI=1S/C24H24O3/c1-5-17(11-10-16(2)25)24(18-12-14-19(26)15-13-18)21-9-7-6-8-20(21)23(3,4)22(24)27/h5-15,25-26H,1H2,2-4H3/b16-10+,17-11+. The van der Waals surface area contributed by atoms with E-state index in [1.165, 1.54) is 0 Å². The summed E-state index contributed by atoms with van der Waals surface area (Å²) in [5, 5.41) is 19.4. The first-order valence-electron chi connectivity index (χ1n) is 8.91. The molecule has 0 spiro atoms. The van der Waals surface area contributed by atoms with Crippen molar-refractivity contribution in [2.24, 2.45) is 0 Å². The maximum absolute atomic E-state index is 13.9. The van der Waals surface area contributed by atoms with Gasteiger partial charge < -0.3 is 10.2 Å². The van der Waals surface area contributed by atoms with Crippen LogP contribution in [0.1, 0.15) is 37.5 Å². The van der Waals surface area contributed by atoms with Crippen molar-refractivity contribution in [3.05, 3.63) is 101 Å². The number of benzene rings is 2. The van der Waals surface area contributed by atoms with E-state index in [9.17, 15) is 15.0 Å². The van der Waals surface area contributed by atoms with E-state index in [2.05, 4.69) is 6.58 Å². The van der Waals surface area contributed by atoms with Gasteiger partial charge in [-0.25, -0.2) is 0 Å². The lowest BCUT2D eigenvalue weighted by atomic mass is 9.67. The van der Waals surface area contributed by atoms with Crippen molar-refractivity contribution >= 4 is 5.78 Å². The minimum absolute atomic E-state index is 0.0389. The van der Waals surface area contributed by atoms with Crippen LogP contribution in [0.2, 0.25) is 0 Å². The van der Waals surface area contributed by atoms with Gasteiger partial charge in [0, 0.05) is 0 Å². The molecule has 3 nitrogen and oxygen atoms in total. The highest BCUT2D eigenvalue weighted by atomic mass is 16.3. The van der Waals surface area contributed by atoms with Gasteiger partial charge in [0.2, 0.25) is 0 Å². The van der Waals surface area contributed by atoms with Crippen LogP contribution in [-0.2, 0) is 15.6 Å². The predicted octanol–water partition coefficient (Wildman–Crippen LogP) is 5.11. The second-order valence-electron chi connectivity index (χ2n) is 7.43. The molecular weight excluding hydrogens is 336 g/mol. The molecule has 0 amide bonds. The van der Waals surface area contributed by atoms with Crippen molar-refractivity contribution in [1.82, 2.24) is 0 Å². The monoisotopic (exact) mass is 360 g/mol. The Morgan fingerprint density at radius 3 is 2.15 bits per heavy atom. The summed E-state index contributed by atoms with van der Waals surface area (Å²) < 4.78 is 0. The predicted molar refractivity (Wildman–Crippen MR) is 108 cm³/mol. The number of fused-ring (bicyclic) bond motifs is 1. The van der Waals surface area contributed by atoms with Crippen molar-refractivity contribution in [3.8, 4) is 5.75 Å². The van der Waals surface area contributed by atoms with E-state index in [4.69, 9.17) is 0 Å². The molecule has 3 heteroatoms. The van der Waals surface area contributed by atoms with Gasteiger partial charge in [-0.3, -0.25) is 4.79 Å². The fraction of sp³-hybridized carbons (Fsp3) is 0.208. The SMILES string of the molecule is C=C/C(=C\C=C(/C)O)C1(c2ccc(O)cc2)C(=O)C(C)(C)c2ccccc21. The summed E-state index contributed by atoms with van der Waals surface area (Å²) in [6, 6.07) is 14.6. The molecule has 1 atom stereocenters. The minimum atomic E-state index is -1.05.